The molecule has 5 heteroatoms. The predicted octanol–water partition coefficient (Wildman–Crippen LogP) is 0.402. The second kappa shape index (κ2) is 6.12. The van der Waals surface area contributed by atoms with E-state index in [2.05, 4.69) is 17.2 Å². The Labute approximate surface area is 75.8 Å². The Morgan fingerprint density at radius 3 is 2.82 bits per heavy atom. The van der Waals surface area contributed by atoms with Gasteiger partial charge in [0.15, 0.2) is 5.11 Å². The third-order valence-corrected chi connectivity index (χ3v) is 1.27. The van der Waals surface area contributed by atoms with E-state index >= 15 is 0 Å². The first kappa shape index (κ1) is 10.4. The van der Waals surface area contributed by atoms with E-state index in [1.165, 1.54) is 0 Å². The molecule has 0 aromatic carbocycles. The van der Waals surface area contributed by atoms with Crippen LogP contribution in [0.1, 0.15) is 0 Å². The number of carbonyl (C=O) groups excluding carboxylic acids is 1. The Hall–Kier alpha value is -0.610. The predicted molar refractivity (Wildman–Crippen MR) is 49.7 cm³/mol. The lowest BCUT2D eigenvalue weighted by Crippen LogP contribution is -2.39. The van der Waals surface area contributed by atoms with Crippen molar-refractivity contribution >= 4 is 34.8 Å². The Morgan fingerprint density at radius 1 is 1.73 bits per heavy atom. The third kappa shape index (κ3) is 5.82. The number of amides is 1. The van der Waals surface area contributed by atoms with Gasteiger partial charge in [0.05, 0.1) is 0 Å². The average molecular weight is 193 g/mol. The molecule has 0 aliphatic carbocycles. The van der Waals surface area contributed by atoms with Crippen LogP contribution in [0.25, 0.3) is 0 Å². The minimum atomic E-state index is -0.312. The smallest absolute Gasteiger partial charge is 0.241 e. The molecular formula is C6H9ClN2OS. The summed E-state index contributed by atoms with van der Waals surface area (Å²) in [6.07, 6.45) is 1.64. The van der Waals surface area contributed by atoms with Gasteiger partial charge < -0.3 is 10.6 Å². The maximum Gasteiger partial charge on any atom is 0.241 e. The van der Waals surface area contributed by atoms with Gasteiger partial charge in [-0.3, -0.25) is 4.79 Å². The number of alkyl halides is 1. The highest BCUT2D eigenvalue weighted by Gasteiger charge is 1.99. The molecular weight excluding hydrogens is 184 g/mol. The zero-order valence-electron chi connectivity index (χ0n) is 5.89. The van der Waals surface area contributed by atoms with E-state index < -0.39 is 0 Å². The SMILES string of the molecule is C=CCNC(=S)NC(=O)CCl. The first-order chi connectivity index (χ1) is 5.20. The molecule has 0 saturated heterocycles. The number of hydrogen-bond acceptors (Lipinski definition) is 2. The summed E-state index contributed by atoms with van der Waals surface area (Å²) in [6.45, 7) is 4.00. The molecule has 0 heterocycles. The fraction of sp³-hybridized carbons (Fsp3) is 0.333. The highest BCUT2D eigenvalue weighted by atomic mass is 35.5. The number of carbonyl (C=O) groups is 1. The van der Waals surface area contributed by atoms with Crippen LogP contribution in [0.5, 0.6) is 0 Å². The van der Waals surface area contributed by atoms with Gasteiger partial charge in [-0.25, -0.2) is 0 Å². The second-order valence-electron chi connectivity index (χ2n) is 1.68. The second-order valence-corrected chi connectivity index (χ2v) is 2.36. The molecule has 11 heavy (non-hydrogen) atoms. The first-order valence-corrected chi connectivity index (χ1v) is 3.89. The quantitative estimate of drug-likeness (QED) is 0.387. The van der Waals surface area contributed by atoms with Crippen molar-refractivity contribution in [1.29, 1.82) is 0 Å². The number of nitrogens with one attached hydrogen (secondary N) is 2. The lowest BCUT2D eigenvalue weighted by Gasteiger charge is -2.04. The zero-order valence-corrected chi connectivity index (χ0v) is 7.47. The highest BCUT2D eigenvalue weighted by molar-refractivity contribution is 7.80. The van der Waals surface area contributed by atoms with E-state index in [-0.39, 0.29) is 16.9 Å². The highest BCUT2D eigenvalue weighted by Crippen LogP contribution is 1.74. The van der Waals surface area contributed by atoms with E-state index in [9.17, 15) is 4.79 Å². The van der Waals surface area contributed by atoms with E-state index in [0.717, 1.165) is 0 Å². The molecule has 0 saturated carbocycles. The Morgan fingerprint density at radius 2 is 2.36 bits per heavy atom. The minimum absolute atomic E-state index is 0.0874. The van der Waals surface area contributed by atoms with Crippen molar-refractivity contribution in [2.45, 2.75) is 0 Å². The van der Waals surface area contributed by atoms with E-state index in [4.69, 9.17) is 23.8 Å². The molecule has 0 aliphatic heterocycles. The lowest BCUT2D eigenvalue weighted by molar-refractivity contribution is -0.117. The number of halogens is 1. The van der Waals surface area contributed by atoms with E-state index in [0.29, 0.717) is 6.54 Å². The van der Waals surface area contributed by atoms with Gasteiger partial charge in [0.1, 0.15) is 5.88 Å². The summed E-state index contributed by atoms with van der Waals surface area (Å²) in [5.41, 5.74) is 0. The molecule has 0 aromatic heterocycles. The summed E-state index contributed by atoms with van der Waals surface area (Å²) in [5.74, 6) is -0.399. The summed E-state index contributed by atoms with van der Waals surface area (Å²) in [5, 5.41) is 5.36. The number of hydrogen-bond donors (Lipinski definition) is 2. The molecule has 0 spiro atoms. The van der Waals surface area contributed by atoms with Crippen molar-refractivity contribution in [1.82, 2.24) is 10.6 Å². The number of rotatable bonds is 3. The van der Waals surface area contributed by atoms with Crippen molar-refractivity contribution in [3.63, 3.8) is 0 Å². The van der Waals surface area contributed by atoms with Crippen LogP contribution in [0.4, 0.5) is 0 Å². The maximum absolute atomic E-state index is 10.6. The average Bonchev–Trinajstić information content (AvgIpc) is 2.00. The van der Waals surface area contributed by atoms with Gasteiger partial charge in [-0.05, 0) is 12.2 Å². The van der Waals surface area contributed by atoms with Crippen LogP contribution >= 0.6 is 23.8 Å². The molecule has 0 radical (unpaired) electrons. The van der Waals surface area contributed by atoms with Crippen LogP contribution < -0.4 is 10.6 Å². The van der Waals surface area contributed by atoms with Crippen molar-refractivity contribution in [3.8, 4) is 0 Å². The minimum Gasteiger partial charge on any atom is -0.359 e. The topological polar surface area (TPSA) is 41.1 Å². The standard InChI is InChI=1S/C6H9ClN2OS/c1-2-3-8-6(11)9-5(10)4-7/h2H,1,3-4H2,(H2,8,9,10,11). The van der Waals surface area contributed by atoms with Crippen LogP contribution in [0.15, 0.2) is 12.7 Å². The lowest BCUT2D eigenvalue weighted by atomic mass is 10.6. The van der Waals surface area contributed by atoms with Gasteiger partial charge in [-0.2, -0.15) is 0 Å². The summed E-state index contributed by atoms with van der Waals surface area (Å²) in [6, 6.07) is 0. The van der Waals surface area contributed by atoms with Crippen molar-refractivity contribution in [3.05, 3.63) is 12.7 Å². The van der Waals surface area contributed by atoms with Crippen molar-refractivity contribution < 1.29 is 4.79 Å². The Bertz CT molecular complexity index is 172. The molecule has 1 amide bonds. The van der Waals surface area contributed by atoms with Gasteiger partial charge >= 0.3 is 0 Å². The normalized spacial score (nSPS) is 8.45. The van der Waals surface area contributed by atoms with Crippen LogP contribution in [0.2, 0.25) is 0 Å². The van der Waals surface area contributed by atoms with Crippen LogP contribution in [0, 0.1) is 0 Å². The Kier molecular flexibility index (Phi) is 5.78. The molecule has 2 N–H and O–H groups in total. The van der Waals surface area contributed by atoms with E-state index in [1.807, 2.05) is 0 Å². The summed E-state index contributed by atoms with van der Waals surface area (Å²) in [4.78, 5) is 10.6. The Balaban J connectivity index is 3.51. The van der Waals surface area contributed by atoms with Crippen molar-refractivity contribution in [2.75, 3.05) is 12.4 Å². The van der Waals surface area contributed by atoms with Crippen LogP contribution in [0.3, 0.4) is 0 Å². The molecule has 3 nitrogen and oxygen atoms in total. The van der Waals surface area contributed by atoms with Crippen molar-refractivity contribution in [2.24, 2.45) is 0 Å². The van der Waals surface area contributed by atoms with Crippen LogP contribution in [-0.4, -0.2) is 23.4 Å². The summed E-state index contributed by atoms with van der Waals surface area (Å²) < 4.78 is 0. The zero-order chi connectivity index (χ0) is 8.69. The molecule has 0 bridgehead atoms. The molecule has 0 atom stereocenters. The van der Waals surface area contributed by atoms with Gasteiger partial charge in [0.2, 0.25) is 5.91 Å². The fourth-order valence-electron chi connectivity index (χ4n) is 0.369. The molecule has 0 aromatic rings. The maximum atomic E-state index is 10.6. The first-order valence-electron chi connectivity index (χ1n) is 2.95. The monoisotopic (exact) mass is 192 g/mol. The molecule has 62 valence electrons. The largest absolute Gasteiger partial charge is 0.359 e. The third-order valence-electron chi connectivity index (χ3n) is 0.781. The van der Waals surface area contributed by atoms with Gasteiger partial charge in [-0.15, -0.1) is 18.2 Å². The molecule has 0 aliphatic rings. The molecule has 0 rings (SSSR count). The fourth-order valence-corrected chi connectivity index (χ4v) is 0.633. The summed E-state index contributed by atoms with van der Waals surface area (Å²) in [7, 11) is 0. The molecule has 0 unspecified atom stereocenters. The van der Waals surface area contributed by atoms with Gasteiger partial charge in [-0.1, -0.05) is 6.08 Å². The summed E-state index contributed by atoms with van der Waals surface area (Å²) >= 11 is 9.92. The van der Waals surface area contributed by atoms with Crippen LogP contribution in [-0.2, 0) is 4.79 Å². The van der Waals surface area contributed by atoms with Gasteiger partial charge in [0.25, 0.3) is 0 Å². The number of thiocarbonyl (C=S) groups is 1. The molecule has 0 fully saturated rings. The van der Waals surface area contributed by atoms with E-state index in [1.54, 1.807) is 6.08 Å². The van der Waals surface area contributed by atoms with Gasteiger partial charge in [0, 0.05) is 6.54 Å².